The first-order chi connectivity index (χ1) is 11.1. The SMILES string of the molecule is Cc1cccc(C)c1CC(O)c1nccn1Cc1ccccc1. The molecule has 3 heteroatoms. The highest BCUT2D eigenvalue weighted by atomic mass is 16.3. The summed E-state index contributed by atoms with van der Waals surface area (Å²) in [4.78, 5) is 4.38. The van der Waals surface area contributed by atoms with Crippen LogP contribution < -0.4 is 0 Å². The van der Waals surface area contributed by atoms with Gasteiger partial charge in [0.1, 0.15) is 11.9 Å². The fourth-order valence-electron chi connectivity index (χ4n) is 2.99. The predicted octanol–water partition coefficient (Wildman–Crippen LogP) is 3.82. The summed E-state index contributed by atoms with van der Waals surface area (Å²) in [5.41, 5.74) is 4.83. The maximum absolute atomic E-state index is 10.7. The minimum absolute atomic E-state index is 0.588. The molecule has 1 aromatic heterocycles. The molecule has 2 aromatic carbocycles. The number of aryl methyl sites for hydroxylation is 2. The molecule has 3 rings (SSSR count). The van der Waals surface area contributed by atoms with Crippen molar-refractivity contribution in [2.75, 3.05) is 0 Å². The molecule has 1 unspecified atom stereocenters. The van der Waals surface area contributed by atoms with Crippen LogP contribution in [-0.4, -0.2) is 14.7 Å². The monoisotopic (exact) mass is 306 g/mol. The highest BCUT2D eigenvalue weighted by Crippen LogP contribution is 2.22. The number of hydrogen-bond acceptors (Lipinski definition) is 2. The van der Waals surface area contributed by atoms with Gasteiger partial charge in [-0.1, -0.05) is 48.5 Å². The van der Waals surface area contributed by atoms with E-state index in [1.165, 1.54) is 22.3 Å². The third-order valence-corrected chi connectivity index (χ3v) is 4.28. The van der Waals surface area contributed by atoms with Gasteiger partial charge in [-0.05, 0) is 36.1 Å². The molecule has 0 aliphatic carbocycles. The predicted molar refractivity (Wildman–Crippen MR) is 92.4 cm³/mol. The minimum atomic E-state index is -0.603. The molecule has 23 heavy (non-hydrogen) atoms. The fourth-order valence-corrected chi connectivity index (χ4v) is 2.99. The van der Waals surface area contributed by atoms with Crippen molar-refractivity contribution in [3.63, 3.8) is 0 Å². The topological polar surface area (TPSA) is 38.1 Å². The number of rotatable bonds is 5. The number of imidazole rings is 1. The lowest BCUT2D eigenvalue weighted by molar-refractivity contribution is 0.163. The van der Waals surface area contributed by atoms with E-state index in [1.54, 1.807) is 6.20 Å². The minimum Gasteiger partial charge on any atom is -0.385 e. The van der Waals surface area contributed by atoms with Crippen LogP contribution in [0.25, 0.3) is 0 Å². The lowest BCUT2D eigenvalue weighted by Crippen LogP contribution is -2.12. The Balaban J connectivity index is 1.81. The fraction of sp³-hybridized carbons (Fsp3) is 0.250. The molecule has 3 nitrogen and oxygen atoms in total. The third kappa shape index (κ3) is 3.51. The van der Waals surface area contributed by atoms with Gasteiger partial charge in [0.05, 0.1) is 0 Å². The highest BCUT2D eigenvalue weighted by molar-refractivity contribution is 5.34. The van der Waals surface area contributed by atoms with Crippen LogP contribution in [0, 0.1) is 13.8 Å². The molecular formula is C20H22N2O. The van der Waals surface area contributed by atoms with E-state index in [4.69, 9.17) is 0 Å². The van der Waals surface area contributed by atoms with Crippen LogP contribution in [0.1, 0.15) is 34.2 Å². The maximum atomic E-state index is 10.7. The zero-order chi connectivity index (χ0) is 16.2. The second-order valence-corrected chi connectivity index (χ2v) is 5.99. The second kappa shape index (κ2) is 6.80. The summed E-state index contributed by atoms with van der Waals surface area (Å²) in [5, 5.41) is 10.7. The summed E-state index contributed by atoms with van der Waals surface area (Å²) in [6.45, 7) is 4.90. The maximum Gasteiger partial charge on any atom is 0.138 e. The Bertz CT molecular complexity index is 757. The molecule has 118 valence electrons. The Morgan fingerprint density at radius 3 is 2.39 bits per heavy atom. The highest BCUT2D eigenvalue weighted by Gasteiger charge is 2.17. The molecule has 0 radical (unpaired) electrons. The van der Waals surface area contributed by atoms with E-state index in [-0.39, 0.29) is 0 Å². The molecule has 0 saturated carbocycles. The van der Waals surface area contributed by atoms with Crippen molar-refractivity contribution in [2.45, 2.75) is 32.9 Å². The van der Waals surface area contributed by atoms with E-state index in [0.29, 0.717) is 6.42 Å². The van der Waals surface area contributed by atoms with E-state index in [1.807, 2.05) is 29.0 Å². The van der Waals surface area contributed by atoms with Crippen molar-refractivity contribution >= 4 is 0 Å². The molecule has 1 heterocycles. The summed E-state index contributed by atoms with van der Waals surface area (Å²) in [6.07, 6.45) is 3.67. The number of aliphatic hydroxyl groups excluding tert-OH is 1. The van der Waals surface area contributed by atoms with Crippen molar-refractivity contribution in [1.29, 1.82) is 0 Å². The Kier molecular flexibility index (Phi) is 4.58. The summed E-state index contributed by atoms with van der Waals surface area (Å²) < 4.78 is 2.02. The van der Waals surface area contributed by atoms with Gasteiger partial charge in [-0.25, -0.2) is 4.98 Å². The van der Waals surface area contributed by atoms with Gasteiger partial charge >= 0.3 is 0 Å². The number of hydrogen-bond donors (Lipinski definition) is 1. The average molecular weight is 306 g/mol. The molecule has 0 fully saturated rings. The van der Waals surface area contributed by atoms with Crippen LogP contribution in [0.15, 0.2) is 60.9 Å². The molecule has 0 aliphatic heterocycles. The van der Waals surface area contributed by atoms with Crippen molar-refractivity contribution in [1.82, 2.24) is 9.55 Å². The molecule has 1 N–H and O–H groups in total. The number of aliphatic hydroxyl groups is 1. The Morgan fingerprint density at radius 1 is 1.00 bits per heavy atom. The van der Waals surface area contributed by atoms with Gasteiger partial charge in [-0.3, -0.25) is 0 Å². The first kappa shape index (κ1) is 15.5. The number of benzene rings is 2. The molecule has 0 aliphatic rings. The zero-order valence-electron chi connectivity index (χ0n) is 13.6. The molecule has 0 saturated heterocycles. The zero-order valence-corrected chi connectivity index (χ0v) is 13.6. The van der Waals surface area contributed by atoms with Crippen LogP contribution in [0.2, 0.25) is 0 Å². The van der Waals surface area contributed by atoms with Gasteiger partial charge in [0.25, 0.3) is 0 Å². The first-order valence-electron chi connectivity index (χ1n) is 7.93. The van der Waals surface area contributed by atoms with Gasteiger partial charge in [0, 0.05) is 25.4 Å². The van der Waals surface area contributed by atoms with Crippen molar-refractivity contribution < 1.29 is 5.11 Å². The van der Waals surface area contributed by atoms with E-state index < -0.39 is 6.10 Å². The average Bonchev–Trinajstić information content (AvgIpc) is 3.00. The Hall–Kier alpha value is -2.39. The van der Waals surface area contributed by atoms with Gasteiger partial charge in [-0.2, -0.15) is 0 Å². The molecule has 3 aromatic rings. The molecule has 0 amide bonds. The van der Waals surface area contributed by atoms with E-state index in [0.717, 1.165) is 12.4 Å². The molecule has 1 atom stereocenters. The van der Waals surface area contributed by atoms with Gasteiger partial charge in [0.15, 0.2) is 0 Å². The molecular weight excluding hydrogens is 284 g/mol. The largest absolute Gasteiger partial charge is 0.385 e. The smallest absolute Gasteiger partial charge is 0.138 e. The third-order valence-electron chi connectivity index (χ3n) is 4.28. The van der Waals surface area contributed by atoms with Crippen LogP contribution in [-0.2, 0) is 13.0 Å². The Morgan fingerprint density at radius 2 is 1.70 bits per heavy atom. The second-order valence-electron chi connectivity index (χ2n) is 5.99. The van der Waals surface area contributed by atoms with Crippen LogP contribution in [0.4, 0.5) is 0 Å². The Labute approximate surface area is 137 Å². The quantitative estimate of drug-likeness (QED) is 0.778. The first-order valence-corrected chi connectivity index (χ1v) is 7.93. The normalized spacial score (nSPS) is 12.3. The van der Waals surface area contributed by atoms with Crippen LogP contribution in [0.3, 0.4) is 0 Å². The summed E-state index contributed by atoms with van der Waals surface area (Å²) in [7, 11) is 0. The van der Waals surface area contributed by atoms with Gasteiger partial charge in [0.2, 0.25) is 0 Å². The lowest BCUT2D eigenvalue weighted by Gasteiger charge is -2.16. The van der Waals surface area contributed by atoms with Crippen molar-refractivity contribution in [3.05, 3.63) is 89.0 Å². The van der Waals surface area contributed by atoms with E-state index in [2.05, 4.69) is 49.2 Å². The molecule has 0 bridgehead atoms. The summed E-state index contributed by atoms with van der Waals surface area (Å²) >= 11 is 0. The standard InChI is InChI=1S/C20H22N2O/c1-15-7-6-8-16(2)18(15)13-19(23)20-21-11-12-22(20)14-17-9-4-3-5-10-17/h3-12,19,23H,13-14H2,1-2H3. The summed E-state index contributed by atoms with van der Waals surface area (Å²) in [6, 6.07) is 16.5. The van der Waals surface area contributed by atoms with Crippen LogP contribution in [0.5, 0.6) is 0 Å². The van der Waals surface area contributed by atoms with Gasteiger partial charge in [-0.15, -0.1) is 0 Å². The summed E-state index contributed by atoms with van der Waals surface area (Å²) in [5.74, 6) is 0.719. The van der Waals surface area contributed by atoms with E-state index >= 15 is 0 Å². The van der Waals surface area contributed by atoms with Crippen molar-refractivity contribution in [2.24, 2.45) is 0 Å². The lowest BCUT2D eigenvalue weighted by atomic mass is 9.97. The van der Waals surface area contributed by atoms with Crippen molar-refractivity contribution in [3.8, 4) is 0 Å². The number of nitrogens with zero attached hydrogens (tertiary/aromatic N) is 2. The van der Waals surface area contributed by atoms with Gasteiger partial charge < -0.3 is 9.67 Å². The number of aromatic nitrogens is 2. The molecule has 0 spiro atoms. The van der Waals surface area contributed by atoms with Crippen LogP contribution >= 0.6 is 0 Å². The van der Waals surface area contributed by atoms with E-state index in [9.17, 15) is 5.11 Å².